The van der Waals surface area contributed by atoms with Gasteiger partial charge in [0.15, 0.2) is 0 Å². The molecule has 2 N–H and O–H groups in total. The lowest BCUT2D eigenvalue weighted by atomic mass is 10.0. The summed E-state index contributed by atoms with van der Waals surface area (Å²) < 4.78 is 6.32. The maximum absolute atomic E-state index is 11.2. The van der Waals surface area contributed by atoms with Crippen LogP contribution in [0.15, 0.2) is 16.6 Å². The Morgan fingerprint density at radius 2 is 2.05 bits per heavy atom. The van der Waals surface area contributed by atoms with E-state index in [9.17, 15) is 15.0 Å². The molecule has 1 aliphatic rings. The number of aliphatic hydroxyl groups is 1. The Morgan fingerprint density at radius 3 is 2.63 bits per heavy atom. The van der Waals surface area contributed by atoms with E-state index >= 15 is 0 Å². The molecule has 1 saturated carbocycles. The Morgan fingerprint density at radius 1 is 1.42 bits per heavy atom. The number of benzene rings is 1. The van der Waals surface area contributed by atoms with Crippen LogP contribution in [0.5, 0.6) is 5.75 Å². The van der Waals surface area contributed by atoms with Crippen LogP contribution in [-0.4, -0.2) is 28.4 Å². The van der Waals surface area contributed by atoms with Crippen molar-refractivity contribution in [1.82, 2.24) is 0 Å². The first-order chi connectivity index (χ1) is 8.91. The van der Waals surface area contributed by atoms with Crippen LogP contribution in [0.3, 0.4) is 0 Å². The molecular formula is C14H17BrO4. The number of aryl methyl sites for hydroxylation is 1. The van der Waals surface area contributed by atoms with Gasteiger partial charge >= 0.3 is 5.97 Å². The minimum absolute atomic E-state index is 0.119. The number of carbonyl (C=O) groups is 1. The summed E-state index contributed by atoms with van der Waals surface area (Å²) in [6.07, 6.45) is 3.41. The molecule has 1 aliphatic carbocycles. The third-order valence-corrected chi connectivity index (χ3v) is 3.95. The zero-order valence-corrected chi connectivity index (χ0v) is 12.4. The summed E-state index contributed by atoms with van der Waals surface area (Å²) in [4.78, 5) is 11.2. The van der Waals surface area contributed by atoms with E-state index in [1.54, 1.807) is 13.0 Å². The van der Waals surface area contributed by atoms with Crippen molar-refractivity contribution in [3.63, 3.8) is 0 Å². The van der Waals surface area contributed by atoms with Gasteiger partial charge in [0, 0.05) is 4.47 Å². The van der Waals surface area contributed by atoms with E-state index < -0.39 is 11.6 Å². The second kappa shape index (κ2) is 5.51. The number of hydrogen-bond donors (Lipinski definition) is 2. The maximum atomic E-state index is 11.2. The lowest BCUT2D eigenvalue weighted by molar-refractivity contribution is 0.000707. The van der Waals surface area contributed by atoms with E-state index in [0.29, 0.717) is 23.1 Å². The SMILES string of the molecule is Cc1cc(Br)cc(C(=O)O)c1OCC1(O)CCCC1. The minimum Gasteiger partial charge on any atom is -0.489 e. The lowest BCUT2D eigenvalue weighted by Crippen LogP contribution is -2.32. The van der Waals surface area contributed by atoms with Gasteiger partial charge in [-0.05, 0) is 37.5 Å². The molecule has 0 aromatic heterocycles. The molecule has 0 unspecified atom stereocenters. The fourth-order valence-corrected chi connectivity index (χ4v) is 3.04. The van der Waals surface area contributed by atoms with Crippen LogP contribution in [0.4, 0.5) is 0 Å². The number of carboxylic acid groups (broad SMARTS) is 1. The molecule has 19 heavy (non-hydrogen) atoms. The van der Waals surface area contributed by atoms with E-state index in [4.69, 9.17) is 4.74 Å². The van der Waals surface area contributed by atoms with Gasteiger partial charge in [-0.1, -0.05) is 28.8 Å². The van der Waals surface area contributed by atoms with Crippen molar-refractivity contribution in [3.8, 4) is 5.75 Å². The van der Waals surface area contributed by atoms with Gasteiger partial charge in [-0.3, -0.25) is 0 Å². The highest BCUT2D eigenvalue weighted by molar-refractivity contribution is 9.10. The second-order valence-corrected chi connectivity index (χ2v) is 6.04. The molecule has 0 atom stereocenters. The van der Waals surface area contributed by atoms with Crippen molar-refractivity contribution in [2.75, 3.05) is 6.61 Å². The van der Waals surface area contributed by atoms with Gasteiger partial charge < -0.3 is 14.9 Å². The third-order valence-electron chi connectivity index (χ3n) is 3.49. The maximum Gasteiger partial charge on any atom is 0.339 e. The van der Waals surface area contributed by atoms with Gasteiger partial charge in [0.2, 0.25) is 0 Å². The predicted octanol–water partition coefficient (Wildman–Crippen LogP) is 3.14. The van der Waals surface area contributed by atoms with Crippen LogP contribution in [0, 0.1) is 6.92 Å². The Kier molecular flexibility index (Phi) is 4.16. The summed E-state index contributed by atoms with van der Waals surface area (Å²) in [7, 11) is 0. The first-order valence-corrected chi connectivity index (χ1v) is 7.09. The molecule has 0 amide bonds. The zero-order chi connectivity index (χ0) is 14.0. The summed E-state index contributed by atoms with van der Waals surface area (Å²) in [6, 6.07) is 3.32. The highest BCUT2D eigenvalue weighted by Gasteiger charge is 2.32. The third kappa shape index (κ3) is 3.28. The molecule has 0 heterocycles. The standard InChI is InChI=1S/C14H17BrO4/c1-9-6-10(15)7-11(13(16)17)12(9)19-8-14(18)4-2-3-5-14/h6-7,18H,2-5,8H2,1H3,(H,16,17). The molecule has 5 heteroatoms. The zero-order valence-electron chi connectivity index (χ0n) is 10.8. The molecule has 1 aromatic rings. The van der Waals surface area contributed by atoms with Crippen molar-refractivity contribution in [3.05, 3.63) is 27.7 Å². The van der Waals surface area contributed by atoms with Crippen molar-refractivity contribution >= 4 is 21.9 Å². The van der Waals surface area contributed by atoms with E-state index in [1.165, 1.54) is 6.07 Å². The predicted molar refractivity (Wildman–Crippen MR) is 74.8 cm³/mol. The molecule has 2 rings (SSSR count). The largest absolute Gasteiger partial charge is 0.489 e. The molecule has 0 radical (unpaired) electrons. The Balaban J connectivity index is 2.21. The van der Waals surface area contributed by atoms with Gasteiger partial charge in [0.05, 0.1) is 5.60 Å². The summed E-state index contributed by atoms with van der Waals surface area (Å²) in [5.74, 6) is -0.686. The summed E-state index contributed by atoms with van der Waals surface area (Å²) in [6.45, 7) is 1.95. The molecule has 0 bridgehead atoms. The monoisotopic (exact) mass is 328 g/mol. The van der Waals surface area contributed by atoms with Gasteiger partial charge in [-0.25, -0.2) is 4.79 Å². The molecule has 0 aliphatic heterocycles. The Bertz CT molecular complexity index is 492. The van der Waals surface area contributed by atoms with Gasteiger partial charge in [0.1, 0.15) is 17.9 Å². The number of carboxylic acids is 1. The average Bonchev–Trinajstić information content (AvgIpc) is 2.74. The molecule has 104 valence electrons. The summed E-state index contributed by atoms with van der Waals surface area (Å²) in [5, 5.41) is 19.5. The first kappa shape index (κ1) is 14.3. The highest BCUT2D eigenvalue weighted by Crippen LogP contribution is 2.33. The number of halogens is 1. The van der Waals surface area contributed by atoms with Gasteiger partial charge in [0.25, 0.3) is 0 Å². The molecule has 1 aromatic carbocycles. The first-order valence-electron chi connectivity index (χ1n) is 6.30. The van der Waals surface area contributed by atoms with Crippen LogP contribution in [0.25, 0.3) is 0 Å². The van der Waals surface area contributed by atoms with Crippen LogP contribution in [-0.2, 0) is 0 Å². The van der Waals surface area contributed by atoms with E-state index in [0.717, 1.165) is 18.4 Å². The number of rotatable bonds is 4. The van der Waals surface area contributed by atoms with Crippen LogP contribution >= 0.6 is 15.9 Å². The molecule has 0 saturated heterocycles. The van der Waals surface area contributed by atoms with E-state index in [-0.39, 0.29) is 12.2 Å². The Hall–Kier alpha value is -1.07. The molecular weight excluding hydrogens is 312 g/mol. The van der Waals surface area contributed by atoms with Crippen LogP contribution < -0.4 is 4.74 Å². The summed E-state index contributed by atoms with van der Waals surface area (Å²) >= 11 is 3.28. The lowest BCUT2D eigenvalue weighted by Gasteiger charge is -2.23. The quantitative estimate of drug-likeness (QED) is 0.891. The van der Waals surface area contributed by atoms with E-state index in [2.05, 4.69) is 15.9 Å². The van der Waals surface area contributed by atoms with Crippen molar-refractivity contribution < 1.29 is 19.7 Å². The molecule has 1 fully saturated rings. The fraction of sp³-hybridized carbons (Fsp3) is 0.500. The number of ether oxygens (including phenoxy) is 1. The van der Waals surface area contributed by atoms with Crippen LogP contribution in [0.2, 0.25) is 0 Å². The number of hydrogen-bond acceptors (Lipinski definition) is 3. The second-order valence-electron chi connectivity index (χ2n) is 5.12. The van der Waals surface area contributed by atoms with E-state index in [1.807, 2.05) is 0 Å². The highest BCUT2D eigenvalue weighted by atomic mass is 79.9. The van der Waals surface area contributed by atoms with Crippen LogP contribution in [0.1, 0.15) is 41.6 Å². The Labute approximate surface area is 120 Å². The smallest absolute Gasteiger partial charge is 0.339 e. The minimum atomic E-state index is -1.03. The molecule has 0 spiro atoms. The van der Waals surface area contributed by atoms with Crippen molar-refractivity contribution in [1.29, 1.82) is 0 Å². The molecule has 4 nitrogen and oxygen atoms in total. The van der Waals surface area contributed by atoms with Gasteiger partial charge in [-0.15, -0.1) is 0 Å². The van der Waals surface area contributed by atoms with Gasteiger partial charge in [-0.2, -0.15) is 0 Å². The van der Waals surface area contributed by atoms with Crippen molar-refractivity contribution in [2.24, 2.45) is 0 Å². The fourth-order valence-electron chi connectivity index (χ4n) is 2.46. The summed E-state index contributed by atoms with van der Waals surface area (Å²) in [5.41, 5.74) is 0.0526. The van der Waals surface area contributed by atoms with Crippen molar-refractivity contribution in [2.45, 2.75) is 38.2 Å². The normalized spacial score (nSPS) is 17.4. The average molecular weight is 329 g/mol. The number of aromatic carboxylic acids is 1. The topological polar surface area (TPSA) is 66.8 Å².